The van der Waals surface area contributed by atoms with Crippen molar-refractivity contribution in [3.05, 3.63) is 40.6 Å². The molecule has 2 amide bonds. The predicted molar refractivity (Wildman–Crippen MR) is 127 cm³/mol. The van der Waals surface area contributed by atoms with E-state index in [1.165, 1.54) is 42.6 Å². The zero-order valence-electron chi connectivity index (χ0n) is 20.2. The first-order chi connectivity index (χ1) is 14.8. The number of unbranched alkanes of at least 4 members (excludes halogenated alkanes) is 5. The third-order valence-electron chi connectivity index (χ3n) is 6.72. The molecule has 2 unspecified atom stereocenters. The summed E-state index contributed by atoms with van der Waals surface area (Å²) in [7, 11) is 0. The van der Waals surface area contributed by atoms with E-state index in [1.54, 1.807) is 0 Å². The Kier molecular flexibility index (Phi) is 7.96. The van der Waals surface area contributed by atoms with E-state index in [1.807, 2.05) is 19.1 Å². The van der Waals surface area contributed by atoms with E-state index in [9.17, 15) is 9.59 Å². The Bertz CT molecular complexity index is 832. The standard InChI is InChI=1S/C27H40N2O2/c1-6-7-8-9-10-11-14-29-26(30)24(23-13-12-19(2)16-22(23)5)25(27(29)31)28-17-20(3)15-21(4)18-28/h12-13,16,20-21H,6-11,14-15,17-18H2,1-5H3. The molecule has 2 atom stereocenters. The number of piperidine rings is 1. The average Bonchev–Trinajstić information content (AvgIpc) is 2.94. The van der Waals surface area contributed by atoms with Crippen LogP contribution in [0.3, 0.4) is 0 Å². The lowest BCUT2D eigenvalue weighted by molar-refractivity contribution is -0.137. The molecule has 1 saturated heterocycles. The van der Waals surface area contributed by atoms with E-state index in [0.717, 1.165) is 37.1 Å². The second-order valence-corrected chi connectivity index (χ2v) is 9.92. The zero-order valence-corrected chi connectivity index (χ0v) is 20.2. The van der Waals surface area contributed by atoms with Gasteiger partial charge in [-0.05, 0) is 49.7 Å². The molecule has 1 aromatic carbocycles. The molecule has 0 aliphatic carbocycles. The molecule has 0 radical (unpaired) electrons. The number of carbonyl (C=O) groups excluding carboxylic acids is 2. The number of nitrogens with zero attached hydrogens (tertiary/aromatic N) is 2. The lowest BCUT2D eigenvalue weighted by Crippen LogP contribution is -2.42. The molecule has 0 saturated carbocycles. The van der Waals surface area contributed by atoms with E-state index in [4.69, 9.17) is 0 Å². The molecule has 31 heavy (non-hydrogen) atoms. The van der Waals surface area contributed by atoms with Crippen LogP contribution in [-0.4, -0.2) is 41.2 Å². The van der Waals surface area contributed by atoms with Crippen LogP contribution in [0.5, 0.6) is 0 Å². The summed E-state index contributed by atoms with van der Waals surface area (Å²) >= 11 is 0. The number of rotatable bonds is 9. The Hall–Kier alpha value is -2.10. The molecular formula is C27H40N2O2. The monoisotopic (exact) mass is 424 g/mol. The summed E-state index contributed by atoms with van der Waals surface area (Å²) in [5.74, 6) is 0.848. The quantitative estimate of drug-likeness (QED) is 0.376. The van der Waals surface area contributed by atoms with E-state index in [2.05, 4.69) is 38.7 Å². The van der Waals surface area contributed by atoms with Crippen LogP contribution in [0.15, 0.2) is 23.9 Å². The van der Waals surface area contributed by atoms with Crippen LogP contribution in [0.25, 0.3) is 5.57 Å². The van der Waals surface area contributed by atoms with Crippen molar-refractivity contribution in [2.24, 2.45) is 11.8 Å². The van der Waals surface area contributed by atoms with Crippen molar-refractivity contribution in [1.29, 1.82) is 0 Å². The van der Waals surface area contributed by atoms with Crippen LogP contribution in [0.4, 0.5) is 0 Å². The summed E-state index contributed by atoms with van der Waals surface area (Å²) in [6.45, 7) is 13.0. The molecule has 4 nitrogen and oxygen atoms in total. The fourth-order valence-electron chi connectivity index (χ4n) is 5.29. The Morgan fingerprint density at radius 3 is 2.19 bits per heavy atom. The van der Waals surface area contributed by atoms with E-state index in [0.29, 0.717) is 29.7 Å². The average molecular weight is 425 g/mol. The fourth-order valence-corrected chi connectivity index (χ4v) is 5.29. The first kappa shape index (κ1) is 23.6. The van der Waals surface area contributed by atoms with Gasteiger partial charge in [-0.15, -0.1) is 0 Å². The summed E-state index contributed by atoms with van der Waals surface area (Å²) in [5, 5.41) is 0. The van der Waals surface area contributed by atoms with Gasteiger partial charge >= 0.3 is 0 Å². The van der Waals surface area contributed by atoms with Gasteiger partial charge < -0.3 is 4.90 Å². The van der Waals surface area contributed by atoms with Crippen molar-refractivity contribution >= 4 is 17.4 Å². The van der Waals surface area contributed by atoms with Crippen LogP contribution >= 0.6 is 0 Å². The second kappa shape index (κ2) is 10.5. The SMILES string of the molecule is CCCCCCCCN1C(=O)C(c2ccc(C)cc2C)=C(N2CC(C)CC(C)C2)C1=O. The van der Waals surface area contributed by atoms with Crippen LogP contribution < -0.4 is 0 Å². The number of amides is 2. The van der Waals surface area contributed by atoms with Crippen molar-refractivity contribution in [1.82, 2.24) is 9.80 Å². The summed E-state index contributed by atoms with van der Waals surface area (Å²) < 4.78 is 0. The van der Waals surface area contributed by atoms with Gasteiger partial charge in [-0.2, -0.15) is 0 Å². The van der Waals surface area contributed by atoms with Gasteiger partial charge in [-0.1, -0.05) is 76.6 Å². The summed E-state index contributed by atoms with van der Waals surface area (Å²) in [6, 6.07) is 6.17. The van der Waals surface area contributed by atoms with Gasteiger partial charge in [0.05, 0.1) is 5.57 Å². The van der Waals surface area contributed by atoms with Crippen LogP contribution in [0.2, 0.25) is 0 Å². The molecule has 1 fully saturated rings. The highest BCUT2D eigenvalue weighted by atomic mass is 16.2. The first-order valence-corrected chi connectivity index (χ1v) is 12.3. The van der Waals surface area contributed by atoms with Crippen molar-refractivity contribution in [3.63, 3.8) is 0 Å². The van der Waals surface area contributed by atoms with Crippen molar-refractivity contribution in [3.8, 4) is 0 Å². The zero-order chi connectivity index (χ0) is 22.5. The molecule has 0 spiro atoms. The number of hydrogen-bond acceptors (Lipinski definition) is 3. The van der Waals surface area contributed by atoms with E-state index in [-0.39, 0.29) is 11.8 Å². The summed E-state index contributed by atoms with van der Waals surface area (Å²) in [6.07, 6.45) is 8.03. The molecule has 0 N–H and O–H groups in total. The number of hydrogen-bond donors (Lipinski definition) is 0. The minimum absolute atomic E-state index is 0.0881. The Morgan fingerprint density at radius 2 is 1.55 bits per heavy atom. The molecule has 0 bridgehead atoms. The van der Waals surface area contributed by atoms with Crippen LogP contribution in [0.1, 0.15) is 82.4 Å². The molecule has 0 aromatic heterocycles. The maximum atomic E-state index is 13.6. The van der Waals surface area contributed by atoms with Crippen LogP contribution in [-0.2, 0) is 9.59 Å². The van der Waals surface area contributed by atoms with Gasteiger partial charge in [-0.25, -0.2) is 0 Å². The second-order valence-electron chi connectivity index (χ2n) is 9.92. The summed E-state index contributed by atoms with van der Waals surface area (Å²) in [4.78, 5) is 30.8. The van der Waals surface area contributed by atoms with Gasteiger partial charge in [0.25, 0.3) is 11.8 Å². The molecule has 170 valence electrons. The minimum atomic E-state index is -0.105. The van der Waals surface area contributed by atoms with Crippen molar-refractivity contribution in [2.75, 3.05) is 19.6 Å². The maximum absolute atomic E-state index is 13.6. The molecule has 3 rings (SSSR count). The number of likely N-dealkylation sites (tertiary alicyclic amines) is 1. The normalized spacial score (nSPS) is 22.1. The lowest BCUT2D eigenvalue weighted by Gasteiger charge is -2.37. The minimum Gasteiger partial charge on any atom is -0.366 e. The topological polar surface area (TPSA) is 40.6 Å². The molecule has 2 aliphatic heterocycles. The number of benzene rings is 1. The van der Waals surface area contributed by atoms with E-state index < -0.39 is 0 Å². The third-order valence-corrected chi connectivity index (χ3v) is 6.72. The largest absolute Gasteiger partial charge is 0.366 e. The first-order valence-electron chi connectivity index (χ1n) is 12.3. The Labute approximate surface area is 188 Å². The fraction of sp³-hybridized carbons (Fsp3) is 0.630. The van der Waals surface area contributed by atoms with Crippen molar-refractivity contribution < 1.29 is 9.59 Å². The van der Waals surface area contributed by atoms with Gasteiger partial charge in [0.15, 0.2) is 0 Å². The summed E-state index contributed by atoms with van der Waals surface area (Å²) in [5.41, 5.74) is 4.41. The maximum Gasteiger partial charge on any atom is 0.277 e. The Morgan fingerprint density at radius 1 is 0.903 bits per heavy atom. The van der Waals surface area contributed by atoms with Gasteiger partial charge in [-0.3, -0.25) is 14.5 Å². The molecule has 2 heterocycles. The highest BCUT2D eigenvalue weighted by Crippen LogP contribution is 2.36. The molecule has 2 aliphatic rings. The lowest BCUT2D eigenvalue weighted by atomic mass is 9.90. The van der Waals surface area contributed by atoms with Gasteiger partial charge in [0.1, 0.15) is 5.70 Å². The highest BCUT2D eigenvalue weighted by Gasteiger charge is 2.42. The molecule has 1 aromatic rings. The Balaban J connectivity index is 1.88. The smallest absolute Gasteiger partial charge is 0.277 e. The molecular weight excluding hydrogens is 384 g/mol. The number of imide groups is 1. The number of aryl methyl sites for hydroxylation is 2. The van der Waals surface area contributed by atoms with Crippen molar-refractivity contribution in [2.45, 2.75) is 79.6 Å². The van der Waals surface area contributed by atoms with Crippen LogP contribution in [0, 0.1) is 25.7 Å². The third kappa shape index (κ3) is 5.39. The highest BCUT2D eigenvalue weighted by molar-refractivity contribution is 6.35. The van der Waals surface area contributed by atoms with Gasteiger partial charge in [0, 0.05) is 19.6 Å². The van der Waals surface area contributed by atoms with E-state index >= 15 is 0 Å². The number of carbonyl (C=O) groups is 2. The molecule has 4 heteroatoms. The van der Waals surface area contributed by atoms with Gasteiger partial charge in [0.2, 0.25) is 0 Å². The predicted octanol–water partition coefficient (Wildman–Crippen LogP) is 5.72.